The number of nitrogens with zero attached hydrogens (tertiary/aromatic N) is 2. The van der Waals surface area contributed by atoms with Crippen molar-refractivity contribution in [2.24, 2.45) is 0 Å². The van der Waals surface area contributed by atoms with Gasteiger partial charge in [0.25, 0.3) is 0 Å². The number of benzene rings is 1. The van der Waals surface area contributed by atoms with Crippen molar-refractivity contribution in [2.75, 3.05) is 20.3 Å². The molecule has 1 aromatic heterocycles. The Balaban J connectivity index is 1.57. The predicted molar refractivity (Wildman–Crippen MR) is 90.5 cm³/mol. The molecule has 0 bridgehead atoms. The zero-order chi connectivity index (χ0) is 18.5. The van der Waals surface area contributed by atoms with E-state index in [0.717, 1.165) is 18.1 Å². The number of pyridine rings is 1. The third-order valence-electron chi connectivity index (χ3n) is 4.40. The van der Waals surface area contributed by atoms with E-state index in [0.29, 0.717) is 24.4 Å². The Morgan fingerprint density at radius 1 is 1.31 bits per heavy atom. The summed E-state index contributed by atoms with van der Waals surface area (Å²) in [5.74, 6) is -0.956. The maximum absolute atomic E-state index is 14.0. The van der Waals surface area contributed by atoms with Crippen molar-refractivity contribution in [2.45, 2.75) is 25.5 Å². The van der Waals surface area contributed by atoms with Crippen LogP contribution in [0.15, 0.2) is 36.5 Å². The van der Waals surface area contributed by atoms with E-state index >= 15 is 0 Å². The number of rotatable bonds is 6. The van der Waals surface area contributed by atoms with Crippen molar-refractivity contribution < 1.29 is 23.0 Å². The first-order valence-corrected chi connectivity index (χ1v) is 8.39. The summed E-state index contributed by atoms with van der Waals surface area (Å²) >= 11 is 0. The van der Waals surface area contributed by atoms with E-state index in [-0.39, 0.29) is 25.2 Å². The highest BCUT2D eigenvalue weighted by molar-refractivity contribution is 5.78. The lowest BCUT2D eigenvalue weighted by atomic mass is 10.0. The number of carbonyl (C=O) groups excluding carboxylic acids is 1. The van der Waals surface area contributed by atoms with Gasteiger partial charge in [0.2, 0.25) is 11.8 Å². The van der Waals surface area contributed by atoms with Crippen molar-refractivity contribution in [3.05, 3.63) is 59.3 Å². The van der Waals surface area contributed by atoms with Crippen molar-refractivity contribution >= 4 is 5.91 Å². The minimum absolute atomic E-state index is 0.106. The molecule has 1 aliphatic heterocycles. The van der Waals surface area contributed by atoms with E-state index in [1.165, 1.54) is 19.2 Å². The van der Waals surface area contributed by atoms with Crippen LogP contribution in [0.3, 0.4) is 0 Å². The fraction of sp³-hybridized carbons (Fsp3) is 0.368. The van der Waals surface area contributed by atoms with Gasteiger partial charge in [-0.25, -0.2) is 13.8 Å². The summed E-state index contributed by atoms with van der Waals surface area (Å²) in [6.07, 6.45) is 3.04. The number of halogens is 2. The number of likely N-dealkylation sites (tertiary alicyclic amines) is 1. The summed E-state index contributed by atoms with van der Waals surface area (Å²) in [4.78, 5) is 18.1. The van der Waals surface area contributed by atoms with Gasteiger partial charge in [-0.1, -0.05) is 6.07 Å². The Labute approximate surface area is 150 Å². The first-order valence-electron chi connectivity index (χ1n) is 8.39. The lowest BCUT2D eigenvalue weighted by molar-refractivity contribution is -0.137. The second-order valence-electron chi connectivity index (χ2n) is 6.11. The molecule has 1 aromatic carbocycles. The number of amides is 1. The molecular weight excluding hydrogens is 342 g/mol. The van der Waals surface area contributed by atoms with Gasteiger partial charge in [0.1, 0.15) is 18.2 Å². The normalized spacial score (nSPS) is 16.7. The van der Waals surface area contributed by atoms with Gasteiger partial charge in [-0.3, -0.25) is 4.79 Å². The quantitative estimate of drug-likeness (QED) is 0.792. The predicted octanol–water partition coefficient (Wildman–Crippen LogP) is 3.25. The fourth-order valence-electron chi connectivity index (χ4n) is 3.12. The summed E-state index contributed by atoms with van der Waals surface area (Å²) < 4.78 is 37.6. The van der Waals surface area contributed by atoms with Gasteiger partial charge in [-0.05, 0) is 30.5 Å². The van der Waals surface area contributed by atoms with Gasteiger partial charge in [-0.2, -0.15) is 0 Å². The molecule has 0 saturated carbocycles. The molecule has 1 saturated heterocycles. The average Bonchev–Trinajstić information content (AvgIpc) is 3.12. The Kier molecular flexibility index (Phi) is 5.78. The molecule has 0 radical (unpaired) electrons. The number of carbonyl (C=O) groups is 1. The van der Waals surface area contributed by atoms with E-state index in [9.17, 15) is 13.6 Å². The fourth-order valence-corrected chi connectivity index (χ4v) is 3.12. The first kappa shape index (κ1) is 18.3. The maximum atomic E-state index is 14.0. The average molecular weight is 362 g/mol. The zero-order valence-electron chi connectivity index (χ0n) is 14.5. The minimum atomic E-state index is -0.626. The molecule has 3 rings (SSSR count). The van der Waals surface area contributed by atoms with Crippen molar-refractivity contribution in [3.63, 3.8) is 0 Å². The van der Waals surface area contributed by atoms with Gasteiger partial charge in [0, 0.05) is 30.4 Å². The van der Waals surface area contributed by atoms with E-state index in [4.69, 9.17) is 9.47 Å². The Morgan fingerprint density at radius 2 is 2.15 bits per heavy atom. The number of aromatic nitrogens is 1. The van der Waals surface area contributed by atoms with Gasteiger partial charge in [0.15, 0.2) is 0 Å². The molecule has 1 amide bonds. The number of hydrogen-bond donors (Lipinski definition) is 0. The summed E-state index contributed by atoms with van der Waals surface area (Å²) in [6, 6.07) is 6.62. The molecule has 0 N–H and O–H groups in total. The smallest absolute Gasteiger partial charge is 0.249 e. The van der Waals surface area contributed by atoms with Crippen LogP contribution in [0.2, 0.25) is 0 Å². The lowest BCUT2D eigenvalue weighted by Gasteiger charge is -2.25. The standard InChI is InChI=1S/C19H20F2N2O3/c1-25-18-7-4-13(10-22-18)11-26-12-19(24)23-8-2-3-17(23)15-6-5-14(20)9-16(15)21/h4-7,9-10,17H,2-3,8,11-12H2,1H3. The van der Waals surface area contributed by atoms with Crippen molar-refractivity contribution in [1.82, 2.24) is 9.88 Å². The Morgan fingerprint density at radius 3 is 2.85 bits per heavy atom. The van der Waals surface area contributed by atoms with E-state index < -0.39 is 11.6 Å². The van der Waals surface area contributed by atoms with Crippen LogP contribution in [0, 0.1) is 11.6 Å². The van der Waals surface area contributed by atoms with E-state index in [1.54, 1.807) is 17.2 Å². The zero-order valence-corrected chi connectivity index (χ0v) is 14.5. The Bertz CT molecular complexity index is 768. The molecule has 2 heterocycles. The molecule has 7 heteroatoms. The lowest BCUT2D eigenvalue weighted by Crippen LogP contribution is -2.34. The minimum Gasteiger partial charge on any atom is -0.481 e. The Hall–Kier alpha value is -2.54. The van der Waals surface area contributed by atoms with E-state index in [2.05, 4.69) is 4.98 Å². The van der Waals surface area contributed by atoms with Gasteiger partial charge in [0.05, 0.1) is 19.8 Å². The highest BCUT2D eigenvalue weighted by atomic mass is 19.1. The van der Waals surface area contributed by atoms with Crippen LogP contribution in [0.5, 0.6) is 5.88 Å². The van der Waals surface area contributed by atoms with Crippen LogP contribution in [-0.4, -0.2) is 36.1 Å². The third kappa shape index (κ3) is 4.16. The number of hydrogen-bond acceptors (Lipinski definition) is 4. The summed E-state index contributed by atoms with van der Waals surface area (Å²) in [6.45, 7) is 0.672. The van der Waals surface area contributed by atoms with Gasteiger partial charge < -0.3 is 14.4 Å². The van der Waals surface area contributed by atoms with E-state index in [1.807, 2.05) is 6.07 Å². The molecule has 2 aromatic rings. The largest absolute Gasteiger partial charge is 0.481 e. The van der Waals surface area contributed by atoms with Gasteiger partial charge in [-0.15, -0.1) is 0 Å². The maximum Gasteiger partial charge on any atom is 0.249 e. The molecule has 5 nitrogen and oxygen atoms in total. The number of methoxy groups -OCH3 is 1. The summed E-state index contributed by atoms with van der Waals surface area (Å²) in [5, 5.41) is 0. The van der Waals surface area contributed by atoms with Crippen molar-refractivity contribution in [3.8, 4) is 5.88 Å². The monoisotopic (exact) mass is 362 g/mol. The van der Waals surface area contributed by atoms with Crippen LogP contribution in [0.1, 0.15) is 30.0 Å². The van der Waals surface area contributed by atoms with Crippen LogP contribution in [0.25, 0.3) is 0 Å². The van der Waals surface area contributed by atoms with Crippen LogP contribution in [-0.2, 0) is 16.1 Å². The van der Waals surface area contributed by atoms with Crippen LogP contribution in [0.4, 0.5) is 8.78 Å². The second kappa shape index (κ2) is 8.23. The molecule has 1 atom stereocenters. The molecule has 1 unspecified atom stereocenters. The van der Waals surface area contributed by atoms with Gasteiger partial charge >= 0.3 is 0 Å². The van der Waals surface area contributed by atoms with Crippen molar-refractivity contribution in [1.29, 1.82) is 0 Å². The van der Waals surface area contributed by atoms with Crippen LogP contribution >= 0.6 is 0 Å². The molecule has 1 fully saturated rings. The molecule has 0 spiro atoms. The SMILES string of the molecule is COc1ccc(COCC(=O)N2CCCC2c2ccc(F)cc2F)cn1. The van der Waals surface area contributed by atoms with Crippen LogP contribution < -0.4 is 4.74 Å². The topological polar surface area (TPSA) is 51.7 Å². The summed E-state index contributed by atoms with van der Waals surface area (Å²) in [5.41, 5.74) is 1.16. The third-order valence-corrected chi connectivity index (χ3v) is 4.40. The molecular formula is C19H20F2N2O3. The number of ether oxygens (including phenoxy) is 2. The second-order valence-corrected chi connectivity index (χ2v) is 6.11. The molecule has 138 valence electrons. The molecule has 1 aliphatic rings. The highest BCUT2D eigenvalue weighted by Crippen LogP contribution is 2.33. The molecule has 26 heavy (non-hydrogen) atoms. The highest BCUT2D eigenvalue weighted by Gasteiger charge is 2.31. The first-order chi connectivity index (χ1) is 12.6. The summed E-state index contributed by atoms with van der Waals surface area (Å²) in [7, 11) is 1.54. The molecule has 0 aliphatic carbocycles.